The maximum absolute atomic E-state index is 13.1. The van der Waals surface area contributed by atoms with Crippen LogP contribution in [-0.4, -0.2) is 5.78 Å². The Morgan fingerprint density at radius 2 is 1.79 bits per heavy atom. The van der Waals surface area contributed by atoms with Crippen LogP contribution in [0.15, 0.2) is 36.4 Å². The van der Waals surface area contributed by atoms with E-state index in [0.717, 1.165) is 18.2 Å². The lowest BCUT2D eigenvalue weighted by atomic mass is 9.98. The molecule has 2 N–H and O–H groups in total. The van der Waals surface area contributed by atoms with Gasteiger partial charge in [0.2, 0.25) is 0 Å². The van der Waals surface area contributed by atoms with Crippen molar-refractivity contribution in [2.45, 2.75) is 13.3 Å². The summed E-state index contributed by atoms with van der Waals surface area (Å²) in [5.74, 6) is -1.59. The summed E-state index contributed by atoms with van der Waals surface area (Å²) in [5, 5.41) is 0. The van der Waals surface area contributed by atoms with Crippen molar-refractivity contribution in [1.29, 1.82) is 0 Å². The Hall–Kier alpha value is -2.23. The second-order valence-corrected chi connectivity index (χ2v) is 4.40. The van der Waals surface area contributed by atoms with Crippen LogP contribution in [0.5, 0.6) is 0 Å². The Labute approximate surface area is 109 Å². The van der Waals surface area contributed by atoms with Gasteiger partial charge < -0.3 is 5.73 Å². The minimum Gasteiger partial charge on any atom is -0.398 e. The second-order valence-electron chi connectivity index (χ2n) is 4.40. The summed E-state index contributed by atoms with van der Waals surface area (Å²) in [6, 6.07) is 8.13. The number of hydrogen-bond acceptors (Lipinski definition) is 2. The number of nitrogens with two attached hydrogens (primary N) is 1. The van der Waals surface area contributed by atoms with Gasteiger partial charge in [0.15, 0.2) is 5.78 Å². The molecule has 2 rings (SSSR count). The van der Waals surface area contributed by atoms with Gasteiger partial charge in [-0.25, -0.2) is 8.78 Å². The summed E-state index contributed by atoms with van der Waals surface area (Å²) in [6.45, 7) is 1.74. The Bertz CT molecular complexity index is 618. The van der Waals surface area contributed by atoms with Gasteiger partial charge in [0.05, 0.1) is 0 Å². The maximum atomic E-state index is 13.1. The molecule has 0 bridgehead atoms. The number of nitrogen functional groups attached to an aromatic ring is 1. The van der Waals surface area contributed by atoms with Crippen molar-refractivity contribution in [1.82, 2.24) is 0 Å². The number of hydrogen-bond donors (Lipinski definition) is 1. The highest BCUT2D eigenvalue weighted by atomic mass is 19.1. The highest BCUT2D eigenvalue weighted by molar-refractivity contribution is 5.99. The number of carbonyl (C=O) groups is 1. The summed E-state index contributed by atoms with van der Waals surface area (Å²) in [7, 11) is 0. The zero-order valence-electron chi connectivity index (χ0n) is 10.4. The summed E-state index contributed by atoms with van der Waals surface area (Å²) in [4.78, 5) is 12.1. The summed E-state index contributed by atoms with van der Waals surface area (Å²) >= 11 is 0. The number of carbonyl (C=O) groups excluding carboxylic acids is 1. The quantitative estimate of drug-likeness (QED) is 0.680. The molecule has 0 aliphatic heterocycles. The molecule has 0 aromatic heterocycles. The SMILES string of the molecule is Cc1c(N)cccc1C(=O)Cc1cc(F)cc(F)c1. The molecule has 2 nitrogen and oxygen atoms in total. The summed E-state index contributed by atoms with van der Waals surface area (Å²) in [5.41, 5.74) is 7.72. The van der Waals surface area contributed by atoms with Gasteiger partial charge in [-0.3, -0.25) is 4.79 Å². The number of halogens is 2. The minimum atomic E-state index is -0.688. The maximum Gasteiger partial charge on any atom is 0.167 e. The van der Waals surface area contributed by atoms with E-state index >= 15 is 0 Å². The lowest BCUT2D eigenvalue weighted by Crippen LogP contribution is -2.07. The molecule has 2 aromatic rings. The molecule has 0 unspecified atom stereocenters. The van der Waals surface area contributed by atoms with Gasteiger partial charge in [0.25, 0.3) is 0 Å². The fourth-order valence-electron chi connectivity index (χ4n) is 1.95. The number of rotatable bonds is 3. The van der Waals surface area contributed by atoms with Crippen molar-refractivity contribution in [3.8, 4) is 0 Å². The molecule has 0 saturated heterocycles. The molecule has 0 heterocycles. The second kappa shape index (κ2) is 5.18. The molecular weight excluding hydrogens is 248 g/mol. The molecule has 0 saturated carbocycles. The fourth-order valence-corrected chi connectivity index (χ4v) is 1.95. The number of benzene rings is 2. The van der Waals surface area contributed by atoms with Gasteiger partial charge >= 0.3 is 0 Å². The summed E-state index contributed by atoms with van der Waals surface area (Å²) < 4.78 is 26.1. The van der Waals surface area contributed by atoms with E-state index in [1.165, 1.54) is 0 Å². The first kappa shape index (κ1) is 13.2. The highest BCUT2D eigenvalue weighted by Gasteiger charge is 2.12. The van der Waals surface area contributed by atoms with Crippen molar-refractivity contribution in [2.75, 3.05) is 5.73 Å². The van der Waals surface area contributed by atoms with Gasteiger partial charge in [-0.15, -0.1) is 0 Å². The predicted molar refractivity (Wildman–Crippen MR) is 70.0 cm³/mol. The van der Waals surface area contributed by atoms with Crippen LogP contribution >= 0.6 is 0 Å². The highest BCUT2D eigenvalue weighted by Crippen LogP contribution is 2.18. The molecule has 0 atom stereocenters. The van der Waals surface area contributed by atoms with E-state index in [9.17, 15) is 13.6 Å². The van der Waals surface area contributed by atoms with Crippen molar-refractivity contribution < 1.29 is 13.6 Å². The van der Waals surface area contributed by atoms with Crippen LogP contribution in [0.2, 0.25) is 0 Å². The van der Waals surface area contributed by atoms with E-state index in [4.69, 9.17) is 5.73 Å². The third kappa shape index (κ3) is 2.96. The normalized spacial score (nSPS) is 10.5. The zero-order chi connectivity index (χ0) is 14.0. The predicted octanol–water partition coefficient (Wildman–Crippen LogP) is 3.28. The lowest BCUT2D eigenvalue weighted by Gasteiger charge is -2.07. The Kier molecular flexibility index (Phi) is 3.60. The monoisotopic (exact) mass is 261 g/mol. The van der Waals surface area contributed by atoms with Crippen molar-refractivity contribution >= 4 is 11.5 Å². The van der Waals surface area contributed by atoms with E-state index in [1.54, 1.807) is 25.1 Å². The number of anilines is 1. The van der Waals surface area contributed by atoms with Crippen LogP contribution in [0.4, 0.5) is 14.5 Å². The molecule has 19 heavy (non-hydrogen) atoms. The Balaban J connectivity index is 2.28. The average molecular weight is 261 g/mol. The third-order valence-corrected chi connectivity index (χ3v) is 2.96. The first-order chi connectivity index (χ1) is 8.97. The number of Topliss-reactive ketones (excluding diaryl/α,β-unsaturated/α-hetero) is 1. The van der Waals surface area contributed by atoms with Crippen molar-refractivity contribution in [3.63, 3.8) is 0 Å². The van der Waals surface area contributed by atoms with Crippen molar-refractivity contribution in [2.24, 2.45) is 0 Å². The van der Waals surface area contributed by atoms with Crippen LogP contribution in [0.3, 0.4) is 0 Å². The molecular formula is C15H13F2NO. The van der Waals surface area contributed by atoms with Crippen molar-refractivity contribution in [3.05, 3.63) is 64.7 Å². The van der Waals surface area contributed by atoms with Crippen LogP contribution in [-0.2, 0) is 6.42 Å². The molecule has 2 aromatic carbocycles. The van der Waals surface area contributed by atoms with E-state index in [-0.39, 0.29) is 12.2 Å². The molecule has 0 aliphatic carbocycles. The van der Waals surface area contributed by atoms with Crippen LogP contribution in [0.25, 0.3) is 0 Å². The average Bonchev–Trinajstić information content (AvgIpc) is 2.31. The standard InChI is InChI=1S/C15H13F2NO/c1-9-13(3-2-4-14(9)18)15(19)7-10-5-11(16)8-12(17)6-10/h2-6,8H,7,18H2,1H3. The van der Waals surface area contributed by atoms with E-state index < -0.39 is 11.6 Å². The first-order valence-corrected chi connectivity index (χ1v) is 5.80. The van der Waals surface area contributed by atoms with Crippen LogP contribution < -0.4 is 5.73 Å². The molecule has 0 amide bonds. The minimum absolute atomic E-state index is 0.0566. The van der Waals surface area contributed by atoms with E-state index in [1.807, 2.05) is 0 Å². The Morgan fingerprint density at radius 1 is 1.16 bits per heavy atom. The molecule has 0 spiro atoms. The zero-order valence-corrected chi connectivity index (χ0v) is 10.4. The topological polar surface area (TPSA) is 43.1 Å². The molecule has 98 valence electrons. The molecule has 4 heteroatoms. The van der Waals surface area contributed by atoms with E-state index in [0.29, 0.717) is 22.4 Å². The first-order valence-electron chi connectivity index (χ1n) is 5.80. The van der Waals surface area contributed by atoms with Crippen LogP contribution in [0.1, 0.15) is 21.5 Å². The Morgan fingerprint density at radius 3 is 2.42 bits per heavy atom. The number of ketones is 1. The molecule has 0 radical (unpaired) electrons. The molecule has 0 fully saturated rings. The largest absolute Gasteiger partial charge is 0.398 e. The van der Waals surface area contributed by atoms with Crippen LogP contribution in [0, 0.1) is 18.6 Å². The fraction of sp³-hybridized carbons (Fsp3) is 0.133. The van der Waals surface area contributed by atoms with Gasteiger partial charge in [0, 0.05) is 23.7 Å². The lowest BCUT2D eigenvalue weighted by molar-refractivity contribution is 0.0992. The van der Waals surface area contributed by atoms with Gasteiger partial charge in [-0.1, -0.05) is 12.1 Å². The van der Waals surface area contributed by atoms with E-state index in [2.05, 4.69) is 0 Å². The smallest absolute Gasteiger partial charge is 0.167 e. The molecule has 0 aliphatic rings. The van der Waals surface area contributed by atoms with Gasteiger partial charge in [-0.2, -0.15) is 0 Å². The van der Waals surface area contributed by atoms with Gasteiger partial charge in [-0.05, 0) is 36.2 Å². The van der Waals surface area contributed by atoms with Gasteiger partial charge in [0.1, 0.15) is 11.6 Å². The third-order valence-electron chi connectivity index (χ3n) is 2.96. The summed E-state index contributed by atoms with van der Waals surface area (Å²) in [6.07, 6.45) is -0.0566.